The molecule has 0 fully saturated rings. The number of hydrogen-bond acceptors (Lipinski definition) is 3. The molecule has 1 N–H and O–H groups in total. The van der Waals surface area contributed by atoms with Gasteiger partial charge in [-0.15, -0.1) is 0 Å². The number of allylic oxidation sites excluding steroid dienone is 1. The van der Waals surface area contributed by atoms with Crippen molar-refractivity contribution in [3.63, 3.8) is 0 Å². The lowest BCUT2D eigenvalue weighted by Crippen LogP contribution is -2.36. The molecule has 3 heteroatoms. The van der Waals surface area contributed by atoms with Crippen LogP contribution in [-0.2, 0) is 9.53 Å². The largest absolute Gasteiger partial charge is 0.465 e. The zero-order valence-corrected chi connectivity index (χ0v) is 8.89. The predicted octanol–water partition coefficient (Wildman–Crippen LogP) is 1.49. The van der Waals surface area contributed by atoms with E-state index >= 15 is 0 Å². The summed E-state index contributed by atoms with van der Waals surface area (Å²) in [6.07, 6.45) is 2.02. The minimum Gasteiger partial charge on any atom is -0.465 e. The third-order valence-electron chi connectivity index (χ3n) is 1.82. The Morgan fingerprint density at radius 3 is 2.69 bits per heavy atom. The molecule has 0 aromatic carbocycles. The maximum Gasteiger partial charge on any atom is 0.322 e. The Morgan fingerprint density at radius 1 is 1.62 bits per heavy atom. The SMILES string of the molecule is CC=C(C)CNC(C)C(=O)OCC. The molecule has 0 amide bonds. The first-order valence-electron chi connectivity index (χ1n) is 4.63. The molecule has 0 aliphatic rings. The van der Waals surface area contributed by atoms with Crippen LogP contribution in [0.5, 0.6) is 0 Å². The minimum absolute atomic E-state index is 0.189. The second kappa shape index (κ2) is 6.66. The molecule has 3 nitrogen and oxygen atoms in total. The molecular weight excluding hydrogens is 166 g/mol. The lowest BCUT2D eigenvalue weighted by molar-refractivity contribution is -0.145. The zero-order valence-electron chi connectivity index (χ0n) is 8.89. The second-order valence-corrected chi connectivity index (χ2v) is 2.99. The number of hydrogen-bond donors (Lipinski definition) is 1. The van der Waals surface area contributed by atoms with Gasteiger partial charge in [0.05, 0.1) is 6.61 Å². The highest BCUT2D eigenvalue weighted by molar-refractivity contribution is 5.75. The van der Waals surface area contributed by atoms with Crippen LogP contribution in [-0.4, -0.2) is 25.2 Å². The van der Waals surface area contributed by atoms with Crippen LogP contribution in [0, 0.1) is 0 Å². The third kappa shape index (κ3) is 5.42. The van der Waals surface area contributed by atoms with Gasteiger partial charge in [0.1, 0.15) is 6.04 Å². The molecular formula is C10H19NO2. The van der Waals surface area contributed by atoms with Gasteiger partial charge in [-0.25, -0.2) is 0 Å². The van der Waals surface area contributed by atoms with Gasteiger partial charge in [0.25, 0.3) is 0 Å². The summed E-state index contributed by atoms with van der Waals surface area (Å²) in [5.74, 6) is -0.189. The average Bonchev–Trinajstić information content (AvgIpc) is 2.13. The Labute approximate surface area is 80.2 Å². The molecule has 0 spiro atoms. The Bertz CT molecular complexity index is 187. The lowest BCUT2D eigenvalue weighted by Gasteiger charge is -2.12. The molecule has 0 aromatic rings. The lowest BCUT2D eigenvalue weighted by atomic mass is 10.2. The first kappa shape index (κ1) is 12.2. The van der Waals surface area contributed by atoms with Crippen molar-refractivity contribution in [3.05, 3.63) is 11.6 Å². The fourth-order valence-corrected chi connectivity index (χ4v) is 0.767. The molecule has 0 bridgehead atoms. The van der Waals surface area contributed by atoms with Crippen LogP contribution in [0.1, 0.15) is 27.7 Å². The standard InChI is InChI=1S/C10H19NO2/c1-5-8(3)7-11-9(4)10(12)13-6-2/h5,9,11H,6-7H2,1-4H3. The molecule has 0 saturated heterocycles. The quantitative estimate of drug-likeness (QED) is 0.521. The molecule has 0 rings (SSSR count). The van der Waals surface area contributed by atoms with E-state index in [0.717, 1.165) is 6.54 Å². The highest BCUT2D eigenvalue weighted by Crippen LogP contribution is 1.92. The smallest absolute Gasteiger partial charge is 0.322 e. The topological polar surface area (TPSA) is 38.3 Å². The summed E-state index contributed by atoms with van der Waals surface area (Å²) in [7, 11) is 0. The number of carbonyl (C=O) groups is 1. The zero-order chi connectivity index (χ0) is 10.3. The van der Waals surface area contributed by atoms with Crippen molar-refractivity contribution in [2.24, 2.45) is 0 Å². The molecule has 0 radical (unpaired) electrons. The number of carbonyl (C=O) groups excluding carboxylic acids is 1. The van der Waals surface area contributed by atoms with E-state index in [-0.39, 0.29) is 12.0 Å². The first-order chi connectivity index (χ1) is 6.11. The highest BCUT2D eigenvalue weighted by Gasteiger charge is 2.11. The van der Waals surface area contributed by atoms with Crippen molar-refractivity contribution in [1.82, 2.24) is 5.32 Å². The van der Waals surface area contributed by atoms with Crippen molar-refractivity contribution in [1.29, 1.82) is 0 Å². The van der Waals surface area contributed by atoms with Gasteiger partial charge >= 0.3 is 5.97 Å². The Balaban J connectivity index is 3.73. The third-order valence-corrected chi connectivity index (χ3v) is 1.82. The van der Waals surface area contributed by atoms with Crippen LogP contribution in [0.4, 0.5) is 0 Å². The molecule has 1 atom stereocenters. The summed E-state index contributed by atoms with van der Waals surface area (Å²) < 4.78 is 4.85. The normalized spacial score (nSPS) is 14.0. The van der Waals surface area contributed by atoms with Gasteiger partial charge in [-0.05, 0) is 27.7 Å². The summed E-state index contributed by atoms with van der Waals surface area (Å²) in [4.78, 5) is 11.1. The van der Waals surface area contributed by atoms with Gasteiger partial charge in [-0.1, -0.05) is 11.6 Å². The summed E-state index contributed by atoms with van der Waals surface area (Å²) in [5.41, 5.74) is 1.22. The fourth-order valence-electron chi connectivity index (χ4n) is 0.767. The minimum atomic E-state index is -0.227. The van der Waals surface area contributed by atoms with Gasteiger partial charge in [-0.2, -0.15) is 0 Å². The van der Waals surface area contributed by atoms with Crippen LogP contribution < -0.4 is 5.32 Å². The van der Waals surface area contributed by atoms with Gasteiger partial charge in [-0.3, -0.25) is 4.79 Å². The molecule has 0 saturated carbocycles. The Morgan fingerprint density at radius 2 is 2.23 bits per heavy atom. The maximum atomic E-state index is 11.1. The van der Waals surface area contributed by atoms with Crippen molar-refractivity contribution >= 4 is 5.97 Å². The van der Waals surface area contributed by atoms with Crippen LogP contribution in [0.3, 0.4) is 0 Å². The summed E-state index contributed by atoms with van der Waals surface area (Å²) in [5, 5.41) is 3.08. The molecule has 0 heterocycles. The van der Waals surface area contributed by atoms with Gasteiger partial charge in [0.2, 0.25) is 0 Å². The second-order valence-electron chi connectivity index (χ2n) is 2.99. The monoisotopic (exact) mass is 185 g/mol. The van der Waals surface area contributed by atoms with Crippen LogP contribution in [0.15, 0.2) is 11.6 Å². The van der Waals surface area contributed by atoms with E-state index in [2.05, 4.69) is 5.32 Å². The molecule has 76 valence electrons. The maximum absolute atomic E-state index is 11.1. The Hall–Kier alpha value is -0.830. The van der Waals surface area contributed by atoms with Crippen molar-refractivity contribution in [2.75, 3.05) is 13.2 Å². The van der Waals surface area contributed by atoms with E-state index in [1.807, 2.05) is 26.8 Å². The summed E-state index contributed by atoms with van der Waals surface area (Å²) in [6.45, 7) is 8.78. The number of ether oxygens (including phenoxy) is 1. The number of esters is 1. The highest BCUT2D eigenvalue weighted by atomic mass is 16.5. The first-order valence-corrected chi connectivity index (χ1v) is 4.63. The van der Waals surface area contributed by atoms with Gasteiger partial charge < -0.3 is 10.1 Å². The number of rotatable bonds is 5. The van der Waals surface area contributed by atoms with Gasteiger partial charge in [0, 0.05) is 6.54 Å². The molecule has 0 aliphatic carbocycles. The Kier molecular flexibility index (Phi) is 6.24. The van der Waals surface area contributed by atoms with E-state index < -0.39 is 0 Å². The predicted molar refractivity (Wildman–Crippen MR) is 53.5 cm³/mol. The summed E-state index contributed by atoms with van der Waals surface area (Å²) >= 11 is 0. The number of nitrogens with one attached hydrogen (secondary N) is 1. The van der Waals surface area contributed by atoms with Crippen molar-refractivity contribution < 1.29 is 9.53 Å². The molecule has 1 unspecified atom stereocenters. The van der Waals surface area contributed by atoms with E-state index in [1.54, 1.807) is 6.92 Å². The summed E-state index contributed by atoms with van der Waals surface area (Å²) in [6, 6.07) is -0.227. The molecule has 0 aliphatic heterocycles. The van der Waals surface area contributed by atoms with E-state index in [1.165, 1.54) is 5.57 Å². The van der Waals surface area contributed by atoms with Crippen LogP contribution in [0.25, 0.3) is 0 Å². The fraction of sp³-hybridized carbons (Fsp3) is 0.700. The van der Waals surface area contributed by atoms with Gasteiger partial charge in [0.15, 0.2) is 0 Å². The van der Waals surface area contributed by atoms with E-state index in [0.29, 0.717) is 6.61 Å². The van der Waals surface area contributed by atoms with Crippen molar-refractivity contribution in [2.45, 2.75) is 33.7 Å². The van der Waals surface area contributed by atoms with Crippen molar-refractivity contribution in [3.8, 4) is 0 Å². The van der Waals surface area contributed by atoms with E-state index in [4.69, 9.17) is 4.74 Å². The molecule has 13 heavy (non-hydrogen) atoms. The van der Waals surface area contributed by atoms with Crippen LogP contribution >= 0.6 is 0 Å². The van der Waals surface area contributed by atoms with E-state index in [9.17, 15) is 4.79 Å². The average molecular weight is 185 g/mol. The van der Waals surface area contributed by atoms with Crippen LogP contribution in [0.2, 0.25) is 0 Å². The molecule has 0 aromatic heterocycles.